The Morgan fingerprint density at radius 3 is 2.88 bits per heavy atom. The normalized spacial score (nSPS) is 22.4. The summed E-state index contributed by atoms with van der Waals surface area (Å²) in [6.07, 6.45) is 5.63. The predicted molar refractivity (Wildman–Crippen MR) is 99.6 cm³/mol. The smallest absolute Gasteiger partial charge is 0.0864 e. The van der Waals surface area contributed by atoms with Crippen LogP contribution in [-0.4, -0.2) is 44.0 Å². The zero-order valence-corrected chi connectivity index (χ0v) is 15.4. The van der Waals surface area contributed by atoms with Gasteiger partial charge in [-0.2, -0.15) is 0 Å². The number of hydrogen-bond acceptors (Lipinski definition) is 4. The molecule has 2 fully saturated rings. The second kappa shape index (κ2) is 7.38. The molecule has 4 nitrogen and oxygen atoms in total. The highest BCUT2D eigenvalue weighted by Gasteiger charge is 2.23. The fraction of sp³-hybridized carbons (Fsp3) is 0.526. The number of anilines is 1. The van der Waals surface area contributed by atoms with E-state index in [9.17, 15) is 0 Å². The largest absolute Gasteiger partial charge is 0.381 e. The van der Waals surface area contributed by atoms with Crippen LogP contribution >= 0.6 is 15.9 Å². The molecule has 2 saturated heterocycles. The first-order valence-electron chi connectivity index (χ1n) is 8.79. The molecule has 2 aliphatic heterocycles. The Morgan fingerprint density at radius 1 is 1.21 bits per heavy atom. The van der Waals surface area contributed by atoms with Crippen molar-refractivity contribution in [1.29, 1.82) is 0 Å². The Morgan fingerprint density at radius 2 is 2.08 bits per heavy atom. The highest BCUT2D eigenvalue weighted by atomic mass is 79.9. The van der Waals surface area contributed by atoms with Crippen LogP contribution in [0.4, 0.5) is 5.69 Å². The molecule has 2 aliphatic rings. The molecule has 24 heavy (non-hydrogen) atoms. The van der Waals surface area contributed by atoms with Gasteiger partial charge in [0.05, 0.1) is 24.8 Å². The summed E-state index contributed by atoms with van der Waals surface area (Å²) in [6.45, 7) is 4.71. The summed E-state index contributed by atoms with van der Waals surface area (Å²) in [7, 11) is 0. The molecular weight excluding hydrogens is 368 g/mol. The summed E-state index contributed by atoms with van der Waals surface area (Å²) in [5.41, 5.74) is 2.32. The molecule has 4 rings (SSSR count). The quantitative estimate of drug-likeness (QED) is 0.789. The molecule has 0 amide bonds. The van der Waals surface area contributed by atoms with Gasteiger partial charge in [-0.25, -0.2) is 0 Å². The van der Waals surface area contributed by atoms with Crippen LogP contribution in [0.15, 0.2) is 34.9 Å². The third-order valence-electron chi connectivity index (χ3n) is 5.07. The van der Waals surface area contributed by atoms with E-state index < -0.39 is 0 Å². The molecule has 0 radical (unpaired) electrons. The number of ether oxygens (including phenoxy) is 2. The zero-order chi connectivity index (χ0) is 16.4. The predicted octanol–water partition coefficient (Wildman–Crippen LogP) is 4.02. The van der Waals surface area contributed by atoms with Crippen molar-refractivity contribution in [3.8, 4) is 0 Å². The van der Waals surface area contributed by atoms with Crippen LogP contribution in [0.3, 0.4) is 0 Å². The number of benzene rings is 1. The van der Waals surface area contributed by atoms with Crippen molar-refractivity contribution in [3.63, 3.8) is 0 Å². The number of fused-ring (bicyclic) bond motifs is 1. The topological polar surface area (TPSA) is 34.6 Å². The number of aromatic nitrogens is 1. The number of halogens is 1. The molecule has 1 unspecified atom stereocenters. The summed E-state index contributed by atoms with van der Waals surface area (Å²) in [5, 5.41) is 1.22. The van der Waals surface area contributed by atoms with E-state index in [0.717, 1.165) is 62.2 Å². The van der Waals surface area contributed by atoms with Gasteiger partial charge in [0.25, 0.3) is 0 Å². The summed E-state index contributed by atoms with van der Waals surface area (Å²) < 4.78 is 12.6. The van der Waals surface area contributed by atoms with Crippen LogP contribution < -0.4 is 4.90 Å². The molecule has 2 aromatic rings. The van der Waals surface area contributed by atoms with Crippen molar-refractivity contribution < 1.29 is 9.47 Å². The lowest BCUT2D eigenvalue weighted by molar-refractivity contribution is 0.0132. The second-order valence-electron chi connectivity index (χ2n) is 6.72. The van der Waals surface area contributed by atoms with Crippen LogP contribution in [-0.2, 0) is 9.47 Å². The van der Waals surface area contributed by atoms with Gasteiger partial charge in [0.2, 0.25) is 0 Å². The average Bonchev–Trinajstić information content (AvgIpc) is 3.14. The van der Waals surface area contributed by atoms with Crippen molar-refractivity contribution in [2.45, 2.75) is 25.4 Å². The summed E-state index contributed by atoms with van der Waals surface area (Å²) in [6, 6.07) is 8.42. The van der Waals surface area contributed by atoms with Gasteiger partial charge in [0.15, 0.2) is 0 Å². The van der Waals surface area contributed by atoms with Gasteiger partial charge in [-0.1, -0.05) is 12.1 Å². The van der Waals surface area contributed by atoms with Gasteiger partial charge in [0.1, 0.15) is 0 Å². The third-order valence-corrected chi connectivity index (χ3v) is 5.71. The van der Waals surface area contributed by atoms with Crippen molar-refractivity contribution in [2.75, 3.05) is 37.8 Å². The van der Waals surface area contributed by atoms with E-state index in [4.69, 9.17) is 9.47 Å². The summed E-state index contributed by atoms with van der Waals surface area (Å²) >= 11 is 3.61. The van der Waals surface area contributed by atoms with Crippen molar-refractivity contribution in [2.24, 2.45) is 5.92 Å². The van der Waals surface area contributed by atoms with E-state index in [1.807, 2.05) is 12.3 Å². The molecule has 5 heteroatoms. The SMILES string of the molecule is Brc1cccc2c(N3CCC(OCC4CCOC4)CC3)ccnc12. The van der Waals surface area contributed by atoms with Gasteiger partial charge in [-0.15, -0.1) is 0 Å². The standard InChI is InChI=1S/C19H23BrN2O2/c20-17-3-1-2-16-18(4-8-21-19(16)17)22-9-5-15(6-10-22)24-13-14-7-11-23-12-14/h1-4,8,14-15H,5-7,9-13H2. The van der Waals surface area contributed by atoms with Crippen molar-refractivity contribution in [3.05, 3.63) is 34.9 Å². The van der Waals surface area contributed by atoms with Crippen LogP contribution in [0.1, 0.15) is 19.3 Å². The maximum absolute atomic E-state index is 6.13. The number of piperidine rings is 1. The number of pyridine rings is 1. The minimum Gasteiger partial charge on any atom is -0.381 e. The van der Waals surface area contributed by atoms with E-state index in [1.165, 1.54) is 11.1 Å². The Kier molecular flexibility index (Phi) is 5.01. The molecule has 0 aliphatic carbocycles. The molecular formula is C19H23BrN2O2. The maximum Gasteiger partial charge on any atom is 0.0864 e. The molecule has 0 bridgehead atoms. The van der Waals surface area contributed by atoms with E-state index in [-0.39, 0.29) is 0 Å². The van der Waals surface area contributed by atoms with Gasteiger partial charge in [-0.05, 0) is 47.3 Å². The Bertz CT molecular complexity index is 695. The molecule has 0 saturated carbocycles. The molecule has 1 aromatic carbocycles. The maximum atomic E-state index is 6.13. The van der Waals surface area contributed by atoms with E-state index in [0.29, 0.717) is 12.0 Å². The van der Waals surface area contributed by atoms with Gasteiger partial charge in [-0.3, -0.25) is 4.98 Å². The van der Waals surface area contributed by atoms with Crippen LogP contribution in [0.2, 0.25) is 0 Å². The molecule has 1 aromatic heterocycles. The molecule has 128 valence electrons. The van der Waals surface area contributed by atoms with Crippen molar-refractivity contribution >= 4 is 32.5 Å². The second-order valence-corrected chi connectivity index (χ2v) is 7.57. The fourth-order valence-corrected chi connectivity index (χ4v) is 4.12. The lowest BCUT2D eigenvalue weighted by Gasteiger charge is -2.34. The number of hydrogen-bond donors (Lipinski definition) is 0. The highest BCUT2D eigenvalue weighted by molar-refractivity contribution is 9.10. The fourth-order valence-electron chi connectivity index (χ4n) is 3.65. The van der Waals surface area contributed by atoms with E-state index >= 15 is 0 Å². The molecule has 3 heterocycles. The van der Waals surface area contributed by atoms with Crippen LogP contribution in [0.25, 0.3) is 10.9 Å². The number of rotatable bonds is 4. The third kappa shape index (κ3) is 3.44. The van der Waals surface area contributed by atoms with Crippen molar-refractivity contribution in [1.82, 2.24) is 4.98 Å². The number of para-hydroxylation sites is 1. The van der Waals surface area contributed by atoms with Gasteiger partial charge in [0, 0.05) is 47.4 Å². The molecule has 0 spiro atoms. The molecule has 1 atom stereocenters. The monoisotopic (exact) mass is 390 g/mol. The summed E-state index contributed by atoms with van der Waals surface area (Å²) in [5.74, 6) is 0.601. The number of nitrogens with zero attached hydrogens (tertiary/aromatic N) is 2. The molecule has 0 N–H and O–H groups in total. The lowest BCUT2D eigenvalue weighted by Crippen LogP contribution is -2.37. The Balaban J connectivity index is 1.40. The first-order valence-corrected chi connectivity index (χ1v) is 9.58. The Hall–Kier alpha value is -1.17. The first kappa shape index (κ1) is 16.3. The lowest BCUT2D eigenvalue weighted by atomic mass is 10.0. The zero-order valence-electron chi connectivity index (χ0n) is 13.8. The highest BCUT2D eigenvalue weighted by Crippen LogP contribution is 2.31. The van der Waals surface area contributed by atoms with E-state index in [1.54, 1.807) is 0 Å². The van der Waals surface area contributed by atoms with Crippen LogP contribution in [0.5, 0.6) is 0 Å². The minimum absolute atomic E-state index is 0.390. The minimum atomic E-state index is 0.390. The summed E-state index contributed by atoms with van der Waals surface area (Å²) in [4.78, 5) is 6.98. The van der Waals surface area contributed by atoms with E-state index in [2.05, 4.69) is 44.0 Å². The van der Waals surface area contributed by atoms with Gasteiger partial charge >= 0.3 is 0 Å². The van der Waals surface area contributed by atoms with Crippen LogP contribution in [0, 0.1) is 5.92 Å². The average molecular weight is 391 g/mol. The first-order chi connectivity index (χ1) is 11.8. The van der Waals surface area contributed by atoms with Gasteiger partial charge < -0.3 is 14.4 Å². The Labute approximate surface area is 151 Å².